The van der Waals surface area contributed by atoms with Gasteiger partial charge in [-0.1, -0.05) is 82.7 Å². The molecular formula is C42H26BrN5. The number of pyridine rings is 2. The molecule has 0 amide bonds. The van der Waals surface area contributed by atoms with Crippen molar-refractivity contribution in [3.8, 4) is 50.7 Å². The molecule has 48 heavy (non-hydrogen) atoms. The maximum atomic E-state index is 5.19. The number of rotatable bonds is 5. The van der Waals surface area contributed by atoms with E-state index >= 15 is 0 Å². The molecule has 0 atom stereocenters. The quantitative estimate of drug-likeness (QED) is 0.182. The van der Waals surface area contributed by atoms with Crippen molar-refractivity contribution in [3.63, 3.8) is 0 Å². The first-order valence-corrected chi connectivity index (χ1v) is 16.5. The topological polar surface area (TPSA) is 56.5 Å². The van der Waals surface area contributed by atoms with Crippen molar-refractivity contribution in [2.24, 2.45) is 0 Å². The molecule has 0 spiro atoms. The Morgan fingerprint density at radius 1 is 0.479 bits per heavy atom. The molecule has 4 heterocycles. The van der Waals surface area contributed by atoms with Crippen molar-refractivity contribution < 1.29 is 0 Å². The van der Waals surface area contributed by atoms with Crippen LogP contribution >= 0.6 is 15.9 Å². The Kier molecular flexibility index (Phi) is 6.87. The standard InChI is InChI=1S/C42H26BrN5/c43-33-23-32(24-34(25-33)48-40-9-3-1-7-35(40)36-8-2-4-10-41(36)48)39-26-38(29-13-11-27(12-14-29)28-17-20-44-21-18-28)46-42(47-39)31-15-16-37-30(22-31)6-5-19-45-37/h1-26H. The van der Waals surface area contributed by atoms with Gasteiger partial charge in [-0.3, -0.25) is 9.97 Å². The first-order chi connectivity index (χ1) is 23.7. The summed E-state index contributed by atoms with van der Waals surface area (Å²) >= 11 is 3.84. The Hall–Kier alpha value is -5.98. The molecule has 0 bridgehead atoms. The highest BCUT2D eigenvalue weighted by molar-refractivity contribution is 9.10. The predicted molar refractivity (Wildman–Crippen MR) is 199 cm³/mol. The average molecular weight is 681 g/mol. The van der Waals surface area contributed by atoms with E-state index < -0.39 is 0 Å². The number of hydrogen-bond donors (Lipinski definition) is 0. The van der Waals surface area contributed by atoms with E-state index in [-0.39, 0.29) is 0 Å². The number of nitrogens with zero attached hydrogens (tertiary/aromatic N) is 5. The van der Waals surface area contributed by atoms with Crippen LogP contribution in [0.15, 0.2) is 163 Å². The third-order valence-electron chi connectivity index (χ3n) is 8.80. The van der Waals surface area contributed by atoms with Gasteiger partial charge >= 0.3 is 0 Å². The summed E-state index contributed by atoms with van der Waals surface area (Å²) in [6.07, 6.45) is 5.45. The fourth-order valence-electron chi connectivity index (χ4n) is 6.52. The number of benzene rings is 5. The Morgan fingerprint density at radius 3 is 1.88 bits per heavy atom. The zero-order valence-corrected chi connectivity index (χ0v) is 27.2. The lowest BCUT2D eigenvalue weighted by molar-refractivity contribution is 1.16. The molecule has 0 radical (unpaired) electrons. The lowest BCUT2D eigenvalue weighted by atomic mass is 10.0. The van der Waals surface area contributed by atoms with Gasteiger partial charge in [0.1, 0.15) is 0 Å². The fraction of sp³-hybridized carbons (Fsp3) is 0. The molecule has 9 aromatic rings. The Balaban J connectivity index is 1.23. The van der Waals surface area contributed by atoms with Crippen molar-refractivity contribution >= 4 is 48.6 Å². The van der Waals surface area contributed by atoms with Gasteiger partial charge < -0.3 is 4.57 Å². The Bertz CT molecular complexity index is 2570. The molecule has 0 saturated carbocycles. The molecule has 9 rings (SSSR count). The van der Waals surface area contributed by atoms with Crippen LogP contribution < -0.4 is 0 Å². The van der Waals surface area contributed by atoms with Crippen LogP contribution in [0.1, 0.15) is 0 Å². The van der Waals surface area contributed by atoms with Crippen LogP contribution in [0.4, 0.5) is 0 Å². The van der Waals surface area contributed by atoms with E-state index in [4.69, 9.17) is 9.97 Å². The van der Waals surface area contributed by atoms with E-state index in [9.17, 15) is 0 Å². The third-order valence-corrected chi connectivity index (χ3v) is 9.26. The SMILES string of the molecule is Brc1cc(-c2cc(-c3ccc(-c4ccncc4)cc3)nc(-c3ccc4ncccc4c3)n2)cc(-n2c3ccccc3c3ccccc32)c1. The lowest BCUT2D eigenvalue weighted by Crippen LogP contribution is -1.98. The molecule has 226 valence electrons. The van der Waals surface area contributed by atoms with Crippen LogP contribution in [0.25, 0.3) is 83.4 Å². The van der Waals surface area contributed by atoms with Crippen molar-refractivity contribution in [2.75, 3.05) is 0 Å². The minimum atomic E-state index is 0.657. The third kappa shape index (κ3) is 5.03. The summed E-state index contributed by atoms with van der Waals surface area (Å²) in [5.41, 5.74) is 11.2. The number of hydrogen-bond acceptors (Lipinski definition) is 4. The van der Waals surface area contributed by atoms with E-state index in [1.54, 1.807) is 0 Å². The molecule has 6 heteroatoms. The second kappa shape index (κ2) is 11.7. The van der Waals surface area contributed by atoms with Crippen molar-refractivity contribution in [3.05, 3.63) is 163 Å². The fourth-order valence-corrected chi connectivity index (χ4v) is 7.00. The van der Waals surface area contributed by atoms with Crippen LogP contribution in [0.2, 0.25) is 0 Å². The molecule has 5 aromatic carbocycles. The van der Waals surface area contributed by atoms with E-state index in [1.807, 2.05) is 42.9 Å². The van der Waals surface area contributed by atoms with Gasteiger partial charge in [0.2, 0.25) is 0 Å². The second-order valence-electron chi connectivity index (χ2n) is 11.8. The molecule has 0 aliphatic rings. The van der Waals surface area contributed by atoms with Gasteiger partial charge in [0.25, 0.3) is 0 Å². The maximum Gasteiger partial charge on any atom is 0.160 e. The van der Waals surface area contributed by atoms with Gasteiger partial charge in [0.05, 0.1) is 27.9 Å². The summed E-state index contributed by atoms with van der Waals surface area (Å²) in [5.74, 6) is 0.657. The second-order valence-corrected chi connectivity index (χ2v) is 12.7. The molecule has 4 aromatic heterocycles. The van der Waals surface area contributed by atoms with Crippen LogP contribution in [0.5, 0.6) is 0 Å². The average Bonchev–Trinajstić information content (AvgIpc) is 3.49. The van der Waals surface area contributed by atoms with Crippen LogP contribution in [-0.4, -0.2) is 24.5 Å². The summed E-state index contributed by atoms with van der Waals surface area (Å²) in [6, 6.07) is 48.5. The van der Waals surface area contributed by atoms with Crippen LogP contribution in [0.3, 0.4) is 0 Å². The monoisotopic (exact) mass is 679 g/mol. The zero-order chi connectivity index (χ0) is 32.0. The van der Waals surface area contributed by atoms with Gasteiger partial charge in [-0.05, 0) is 83.9 Å². The molecular weight excluding hydrogens is 654 g/mol. The summed E-state index contributed by atoms with van der Waals surface area (Å²) < 4.78 is 3.30. The molecule has 0 saturated heterocycles. The molecule has 0 unspecified atom stereocenters. The highest BCUT2D eigenvalue weighted by Crippen LogP contribution is 2.36. The van der Waals surface area contributed by atoms with E-state index in [2.05, 4.69) is 146 Å². The Labute approximate surface area is 285 Å². The minimum Gasteiger partial charge on any atom is -0.309 e. The molecule has 0 N–H and O–H groups in total. The highest BCUT2D eigenvalue weighted by atomic mass is 79.9. The smallest absolute Gasteiger partial charge is 0.160 e. The molecule has 5 nitrogen and oxygen atoms in total. The predicted octanol–water partition coefficient (Wildman–Crippen LogP) is 10.9. The van der Waals surface area contributed by atoms with Gasteiger partial charge in [-0.25, -0.2) is 9.97 Å². The highest BCUT2D eigenvalue weighted by Gasteiger charge is 2.16. The van der Waals surface area contributed by atoms with Gasteiger partial charge in [-0.15, -0.1) is 0 Å². The summed E-state index contributed by atoms with van der Waals surface area (Å²) in [7, 11) is 0. The van der Waals surface area contributed by atoms with Crippen molar-refractivity contribution in [1.29, 1.82) is 0 Å². The molecule has 0 aliphatic heterocycles. The number of halogens is 1. The zero-order valence-electron chi connectivity index (χ0n) is 25.6. The van der Waals surface area contributed by atoms with Crippen LogP contribution in [-0.2, 0) is 0 Å². The first-order valence-electron chi connectivity index (χ1n) is 15.7. The molecule has 0 aliphatic carbocycles. The van der Waals surface area contributed by atoms with Gasteiger partial charge in [0, 0.05) is 61.6 Å². The van der Waals surface area contributed by atoms with Crippen molar-refractivity contribution in [2.45, 2.75) is 0 Å². The molecule has 0 fully saturated rings. The van der Waals surface area contributed by atoms with E-state index in [0.29, 0.717) is 5.82 Å². The van der Waals surface area contributed by atoms with Crippen molar-refractivity contribution in [1.82, 2.24) is 24.5 Å². The van der Waals surface area contributed by atoms with Gasteiger partial charge in [-0.2, -0.15) is 0 Å². The summed E-state index contributed by atoms with van der Waals surface area (Å²) in [4.78, 5) is 19.0. The van der Waals surface area contributed by atoms with Crippen LogP contribution in [0, 0.1) is 0 Å². The summed E-state index contributed by atoms with van der Waals surface area (Å²) in [5, 5.41) is 3.49. The van der Waals surface area contributed by atoms with E-state index in [1.165, 1.54) is 10.8 Å². The number of fused-ring (bicyclic) bond motifs is 4. The normalized spacial score (nSPS) is 11.4. The lowest BCUT2D eigenvalue weighted by Gasteiger charge is -2.13. The summed E-state index contributed by atoms with van der Waals surface area (Å²) in [6.45, 7) is 0. The first kappa shape index (κ1) is 28.3. The number of aromatic nitrogens is 5. The minimum absolute atomic E-state index is 0.657. The number of para-hydroxylation sites is 2. The maximum absolute atomic E-state index is 5.19. The Morgan fingerprint density at radius 2 is 1.12 bits per heavy atom. The van der Waals surface area contributed by atoms with Gasteiger partial charge in [0.15, 0.2) is 5.82 Å². The van der Waals surface area contributed by atoms with E-state index in [0.717, 1.165) is 71.3 Å². The largest absolute Gasteiger partial charge is 0.309 e.